The van der Waals surface area contributed by atoms with Gasteiger partial charge in [-0.25, -0.2) is 4.98 Å². The van der Waals surface area contributed by atoms with Crippen molar-refractivity contribution in [2.45, 2.75) is 31.3 Å². The minimum absolute atomic E-state index is 0.00111. The maximum atomic E-state index is 12.8. The van der Waals surface area contributed by atoms with Crippen LogP contribution in [0.2, 0.25) is 0 Å². The first kappa shape index (κ1) is 19.8. The average Bonchev–Trinajstić information content (AvgIpc) is 3.43. The number of pyridine rings is 1. The minimum atomic E-state index is -0.189. The Labute approximate surface area is 183 Å². The van der Waals surface area contributed by atoms with E-state index < -0.39 is 0 Å². The van der Waals surface area contributed by atoms with Gasteiger partial charge in [0.15, 0.2) is 0 Å². The first-order chi connectivity index (χ1) is 14.7. The molecule has 3 aromatic heterocycles. The lowest BCUT2D eigenvalue weighted by atomic mass is 9.86. The van der Waals surface area contributed by atoms with Gasteiger partial charge in [-0.3, -0.25) is 9.78 Å². The summed E-state index contributed by atoms with van der Waals surface area (Å²) in [6, 6.07) is 6.00. The van der Waals surface area contributed by atoms with Crippen LogP contribution in [0.15, 0.2) is 36.0 Å². The van der Waals surface area contributed by atoms with Crippen molar-refractivity contribution in [1.29, 1.82) is 0 Å². The van der Waals surface area contributed by atoms with Crippen LogP contribution in [-0.2, 0) is 23.2 Å². The quantitative estimate of drug-likeness (QED) is 0.636. The van der Waals surface area contributed by atoms with E-state index >= 15 is 0 Å². The molecule has 1 spiro atoms. The fourth-order valence-electron chi connectivity index (χ4n) is 4.17. The van der Waals surface area contributed by atoms with E-state index in [2.05, 4.69) is 32.0 Å². The van der Waals surface area contributed by atoms with Crippen molar-refractivity contribution in [2.75, 3.05) is 26.2 Å². The third kappa shape index (κ3) is 3.92. The van der Waals surface area contributed by atoms with E-state index in [9.17, 15) is 4.79 Å². The van der Waals surface area contributed by atoms with E-state index in [-0.39, 0.29) is 11.5 Å². The monoisotopic (exact) mass is 440 g/mol. The van der Waals surface area contributed by atoms with Gasteiger partial charge in [0.25, 0.3) is 5.91 Å². The molecule has 0 atom stereocenters. The number of carbonyl (C=O) groups excluding carboxylic acids is 1. The normalized spacial score (nSPS) is 17.6. The van der Waals surface area contributed by atoms with Crippen molar-refractivity contribution in [2.24, 2.45) is 0 Å². The molecule has 30 heavy (non-hydrogen) atoms. The molecule has 6 nitrogen and oxygen atoms in total. The van der Waals surface area contributed by atoms with Gasteiger partial charge in [0.2, 0.25) is 0 Å². The van der Waals surface area contributed by atoms with Gasteiger partial charge in [0, 0.05) is 41.2 Å². The zero-order valence-electron chi connectivity index (χ0n) is 16.6. The Morgan fingerprint density at radius 2 is 2.23 bits per heavy atom. The maximum absolute atomic E-state index is 12.8. The van der Waals surface area contributed by atoms with Gasteiger partial charge < -0.3 is 15.4 Å². The molecule has 1 saturated heterocycles. The van der Waals surface area contributed by atoms with Gasteiger partial charge >= 0.3 is 0 Å². The van der Waals surface area contributed by atoms with Crippen molar-refractivity contribution in [3.05, 3.63) is 57.0 Å². The molecule has 2 aliphatic rings. The molecule has 0 saturated carbocycles. The molecular formula is C22H24N4O2S2. The molecule has 0 aromatic carbocycles. The van der Waals surface area contributed by atoms with Crippen molar-refractivity contribution in [3.63, 3.8) is 0 Å². The van der Waals surface area contributed by atoms with Crippen LogP contribution in [0, 0.1) is 0 Å². The van der Waals surface area contributed by atoms with E-state index in [0.29, 0.717) is 13.0 Å². The molecule has 0 unspecified atom stereocenters. The molecular weight excluding hydrogens is 416 g/mol. The van der Waals surface area contributed by atoms with E-state index in [1.807, 2.05) is 18.3 Å². The number of rotatable bonds is 5. The molecule has 1 amide bonds. The summed E-state index contributed by atoms with van der Waals surface area (Å²) in [6.07, 6.45) is 7.14. The highest BCUT2D eigenvalue weighted by Crippen LogP contribution is 2.44. The summed E-state index contributed by atoms with van der Waals surface area (Å²) < 4.78 is 6.23. The third-order valence-electron chi connectivity index (χ3n) is 5.73. The number of carbonyl (C=O) groups is 1. The summed E-state index contributed by atoms with van der Waals surface area (Å²) in [4.78, 5) is 23.6. The number of thiazole rings is 1. The number of amides is 1. The SMILES string of the molecule is O=C(NCCc1csc(-c2cccnc2)n1)c1cc2c(s1)C1(CCNCC1)OCC2. The number of nitrogens with one attached hydrogen (secondary N) is 2. The number of nitrogens with zero attached hydrogens (tertiary/aromatic N) is 2. The zero-order chi connectivity index (χ0) is 20.4. The second-order valence-electron chi connectivity index (χ2n) is 7.70. The summed E-state index contributed by atoms with van der Waals surface area (Å²) in [5.74, 6) is 0.00111. The highest BCUT2D eigenvalue weighted by atomic mass is 32.1. The summed E-state index contributed by atoms with van der Waals surface area (Å²) in [6.45, 7) is 3.25. The van der Waals surface area contributed by atoms with Crippen molar-refractivity contribution in [3.8, 4) is 10.6 Å². The van der Waals surface area contributed by atoms with Crippen LogP contribution in [-0.4, -0.2) is 42.1 Å². The van der Waals surface area contributed by atoms with E-state index in [1.165, 1.54) is 10.4 Å². The number of hydrogen-bond acceptors (Lipinski definition) is 7. The predicted molar refractivity (Wildman–Crippen MR) is 119 cm³/mol. The Hall–Kier alpha value is -2.13. The van der Waals surface area contributed by atoms with Gasteiger partial charge in [-0.2, -0.15) is 0 Å². The average molecular weight is 441 g/mol. The Morgan fingerprint density at radius 3 is 3.07 bits per heavy atom. The molecule has 5 heterocycles. The lowest BCUT2D eigenvalue weighted by molar-refractivity contribution is -0.0771. The van der Waals surface area contributed by atoms with Gasteiger partial charge in [-0.15, -0.1) is 22.7 Å². The van der Waals surface area contributed by atoms with E-state index in [0.717, 1.165) is 60.1 Å². The Balaban J connectivity index is 1.21. The van der Waals surface area contributed by atoms with Gasteiger partial charge in [-0.05, 0) is 56.1 Å². The van der Waals surface area contributed by atoms with Crippen molar-refractivity contribution < 1.29 is 9.53 Å². The topological polar surface area (TPSA) is 76.1 Å². The van der Waals surface area contributed by atoms with Crippen molar-refractivity contribution in [1.82, 2.24) is 20.6 Å². The number of hydrogen-bond donors (Lipinski definition) is 2. The Bertz CT molecular complexity index is 1020. The summed E-state index contributed by atoms with van der Waals surface area (Å²) in [7, 11) is 0. The molecule has 0 radical (unpaired) electrons. The number of piperidine rings is 1. The molecule has 5 rings (SSSR count). The molecule has 156 valence electrons. The number of aromatic nitrogens is 2. The van der Waals surface area contributed by atoms with Crippen molar-refractivity contribution >= 4 is 28.6 Å². The minimum Gasteiger partial charge on any atom is -0.369 e. The van der Waals surface area contributed by atoms with Crippen LogP contribution in [0.4, 0.5) is 0 Å². The molecule has 8 heteroatoms. The Kier molecular flexibility index (Phi) is 5.64. The fourth-order valence-corrected chi connectivity index (χ4v) is 6.34. The molecule has 0 bridgehead atoms. The smallest absolute Gasteiger partial charge is 0.261 e. The van der Waals surface area contributed by atoms with E-state index in [4.69, 9.17) is 4.74 Å². The first-order valence-corrected chi connectivity index (χ1v) is 12.0. The Morgan fingerprint density at radius 1 is 1.33 bits per heavy atom. The predicted octanol–water partition coefficient (Wildman–Crippen LogP) is 3.39. The second kappa shape index (κ2) is 8.55. The van der Waals surface area contributed by atoms with Crippen LogP contribution in [0.3, 0.4) is 0 Å². The molecule has 3 aromatic rings. The van der Waals surface area contributed by atoms with Gasteiger partial charge in [0.1, 0.15) is 10.6 Å². The third-order valence-corrected chi connectivity index (χ3v) is 8.04. The van der Waals surface area contributed by atoms with Gasteiger partial charge in [-0.1, -0.05) is 0 Å². The van der Waals surface area contributed by atoms with Crippen LogP contribution < -0.4 is 10.6 Å². The standard InChI is InChI=1S/C22H24N4O2S2/c27-20(25-8-3-17-14-29-21(26-17)16-2-1-7-24-13-16)18-12-15-4-11-28-22(19(15)30-18)5-9-23-10-6-22/h1-2,7,12-14,23H,3-6,8-11H2,(H,25,27). The maximum Gasteiger partial charge on any atom is 0.261 e. The number of fused-ring (bicyclic) bond motifs is 2. The van der Waals surface area contributed by atoms with Crippen LogP contribution in [0.25, 0.3) is 10.6 Å². The molecule has 1 fully saturated rings. The summed E-state index contributed by atoms with van der Waals surface area (Å²) in [5.41, 5.74) is 3.12. The molecule has 2 N–H and O–H groups in total. The lowest BCUT2D eigenvalue weighted by Crippen LogP contribution is -2.43. The second-order valence-corrected chi connectivity index (χ2v) is 9.61. The summed E-state index contributed by atoms with van der Waals surface area (Å²) >= 11 is 3.22. The summed E-state index contributed by atoms with van der Waals surface area (Å²) in [5, 5.41) is 9.49. The highest BCUT2D eigenvalue weighted by Gasteiger charge is 2.41. The number of thiophene rings is 1. The first-order valence-electron chi connectivity index (χ1n) is 10.3. The number of ether oxygens (including phenoxy) is 1. The lowest BCUT2D eigenvalue weighted by Gasteiger charge is -2.40. The van der Waals surface area contributed by atoms with Gasteiger partial charge in [0.05, 0.1) is 17.2 Å². The zero-order valence-corrected chi connectivity index (χ0v) is 18.3. The van der Waals surface area contributed by atoms with E-state index in [1.54, 1.807) is 28.9 Å². The largest absolute Gasteiger partial charge is 0.369 e. The fraction of sp³-hybridized carbons (Fsp3) is 0.409. The highest BCUT2D eigenvalue weighted by molar-refractivity contribution is 7.14. The molecule has 0 aliphatic carbocycles. The molecule has 2 aliphatic heterocycles. The van der Waals surface area contributed by atoms with Crippen LogP contribution >= 0.6 is 22.7 Å². The van der Waals surface area contributed by atoms with Crippen LogP contribution in [0.5, 0.6) is 0 Å². The van der Waals surface area contributed by atoms with Crippen LogP contribution in [0.1, 0.15) is 38.6 Å².